The number of hydrogen-bond donors (Lipinski definition) is 1. The molecule has 6 nitrogen and oxygen atoms in total. The molecule has 146 valence electrons. The molecule has 1 aromatic rings. The number of benzene rings is 1. The van der Waals surface area contributed by atoms with Crippen LogP contribution in [0.2, 0.25) is 0 Å². The molecule has 1 atom stereocenters. The van der Waals surface area contributed by atoms with Crippen LogP contribution in [0.3, 0.4) is 0 Å². The summed E-state index contributed by atoms with van der Waals surface area (Å²) in [6.45, 7) is 10.9. The number of esters is 1. The number of rotatable bonds is 9. The first-order valence-corrected chi connectivity index (χ1v) is 9.15. The van der Waals surface area contributed by atoms with Gasteiger partial charge in [-0.3, -0.25) is 9.69 Å². The summed E-state index contributed by atoms with van der Waals surface area (Å²) in [6, 6.07) is 9.80. The van der Waals surface area contributed by atoms with Crippen LogP contribution < -0.4 is 5.32 Å². The van der Waals surface area contributed by atoms with E-state index in [0.717, 1.165) is 12.0 Å². The summed E-state index contributed by atoms with van der Waals surface area (Å²) in [7, 11) is 0. The standard InChI is InChI=1S/C20H32N2O4/c1-6-17(21-19(24)26-20(3,4)5)14-22(15-18(23)25-7-2)13-16-11-9-8-10-12-16/h8-12,17H,6-7,13-15H2,1-5H3,(H,21,24)/t17-/m0/s1. The van der Waals surface area contributed by atoms with Gasteiger partial charge >= 0.3 is 12.1 Å². The molecule has 0 saturated carbocycles. The Morgan fingerprint density at radius 3 is 2.35 bits per heavy atom. The van der Waals surface area contributed by atoms with Crippen LogP contribution in [-0.2, 0) is 20.8 Å². The van der Waals surface area contributed by atoms with Gasteiger partial charge in [-0.1, -0.05) is 37.3 Å². The second-order valence-electron chi connectivity index (χ2n) is 7.21. The molecular weight excluding hydrogens is 332 g/mol. The molecule has 0 aliphatic carbocycles. The van der Waals surface area contributed by atoms with Crippen molar-refractivity contribution in [1.82, 2.24) is 10.2 Å². The Labute approximate surface area is 156 Å². The van der Waals surface area contributed by atoms with E-state index >= 15 is 0 Å². The summed E-state index contributed by atoms with van der Waals surface area (Å²) in [6.07, 6.45) is 0.285. The van der Waals surface area contributed by atoms with Gasteiger partial charge in [0.1, 0.15) is 5.60 Å². The quantitative estimate of drug-likeness (QED) is 0.681. The Morgan fingerprint density at radius 2 is 1.81 bits per heavy atom. The molecule has 1 amide bonds. The van der Waals surface area contributed by atoms with E-state index in [9.17, 15) is 9.59 Å². The molecule has 0 aliphatic rings. The average molecular weight is 364 g/mol. The fourth-order valence-corrected chi connectivity index (χ4v) is 2.48. The number of amides is 1. The Hall–Kier alpha value is -2.08. The molecule has 0 bridgehead atoms. The predicted molar refractivity (Wildman–Crippen MR) is 102 cm³/mol. The van der Waals surface area contributed by atoms with Crippen LogP contribution in [-0.4, -0.2) is 48.3 Å². The van der Waals surface area contributed by atoms with Gasteiger partial charge in [-0.25, -0.2) is 4.79 Å². The Bertz CT molecular complexity index is 555. The lowest BCUT2D eigenvalue weighted by molar-refractivity contribution is -0.144. The van der Waals surface area contributed by atoms with Crippen molar-refractivity contribution in [2.24, 2.45) is 0 Å². The van der Waals surface area contributed by atoms with Gasteiger partial charge in [0.2, 0.25) is 0 Å². The second kappa shape index (κ2) is 10.8. The topological polar surface area (TPSA) is 67.9 Å². The molecule has 0 heterocycles. The third-order valence-electron chi connectivity index (χ3n) is 3.60. The molecule has 26 heavy (non-hydrogen) atoms. The zero-order chi connectivity index (χ0) is 19.6. The highest BCUT2D eigenvalue weighted by molar-refractivity contribution is 5.71. The van der Waals surface area contributed by atoms with Crippen LogP contribution in [0.25, 0.3) is 0 Å². The molecule has 1 rings (SSSR count). The first-order valence-electron chi connectivity index (χ1n) is 9.15. The van der Waals surface area contributed by atoms with E-state index in [2.05, 4.69) is 5.32 Å². The molecule has 0 aromatic heterocycles. The summed E-state index contributed by atoms with van der Waals surface area (Å²) in [4.78, 5) is 26.0. The van der Waals surface area contributed by atoms with Crippen molar-refractivity contribution in [2.75, 3.05) is 19.7 Å². The largest absolute Gasteiger partial charge is 0.465 e. The number of carbonyl (C=O) groups excluding carboxylic acids is 2. The highest BCUT2D eigenvalue weighted by Gasteiger charge is 2.21. The van der Waals surface area contributed by atoms with E-state index in [0.29, 0.717) is 19.7 Å². The average Bonchev–Trinajstić information content (AvgIpc) is 2.53. The van der Waals surface area contributed by atoms with E-state index in [4.69, 9.17) is 9.47 Å². The molecule has 0 radical (unpaired) electrons. The zero-order valence-corrected chi connectivity index (χ0v) is 16.6. The highest BCUT2D eigenvalue weighted by atomic mass is 16.6. The van der Waals surface area contributed by atoms with Crippen LogP contribution in [0.15, 0.2) is 30.3 Å². The Morgan fingerprint density at radius 1 is 1.15 bits per heavy atom. The van der Waals surface area contributed by atoms with Gasteiger partial charge in [0.05, 0.1) is 13.2 Å². The summed E-state index contributed by atoms with van der Waals surface area (Å²) >= 11 is 0. The van der Waals surface area contributed by atoms with Gasteiger partial charge in [0, 0.05) is 19.1 Å². The number of nitrogens with one attached hydrogen (secondary N) is 1. The van der Waals surface area contributed by atoms with Gasteiger partial charge < -0.3 is 14.8 Å². The number of hydrogen-bond acceptors (Lipinski definition) is 5. The van der Waals surface area contributed by atoms with Gasteiger partial charge in [-0.05, 0) is 39.7 Å². The number of alkyl carbamates (subject to hydrolysis) is 1. The maximum Gasteiger partial charge on any atom is 0.407 e. The van der Waals surface area contributed by atoms with E-state index in [1.807, 2.05) is 62.9 Å². The van der Waals surface area contributed by atoms with Crippen molar-refractivity contribution >= 4 is 12.1 Å². The normalized spacial score (nSPS) is 12.5. The maximum absolute atomic E-state index is 12.0. The van der Waals surface area contributed by atoms with Crippen LogP contribution in [0.1, 0.15) is 46.6 Å². The summed E-state index contributed by atoms with van der Waals surface area (Å²) in [5.74, 6) is -0.268. The lowest BCUT2D eigenvalue weighted by Gasteiger charge is -2.28. The second-order valence-corrected chi connectivity index (χ2v) is 7.21. The molecule has 0 saturated heterocycles. The molecular formula is C20H32N2O4. The van der Waals surface area contributed by atoms with E-state index in [1.165, 1.54) is 0 Å². The minimum absolute atomic E-state index is 0.122. The van der Waals surface area contributed by atoms with Crippen molar-refractivity contribution in [1.29, 1.82) is 0 Å². The fourth-order valence-electron chi connectivity index (χ4n) is 2.48. The number of carbonyl (C=O) groups is 2. The maximum atomic E-state index is 12.0. The van der Waals surface area contributed by atoms with Crippen LogP contribution in [0.4, 0.5) is 4.79 Å². The molecule has 0 spiro atoms. The molecule has 0 unspecified atom stereocenters. The molecule has 0 fully saturated rings. The number of ether oxygens (including phenoxy) is 2. The molecule has 0 aliphatic heterocycles. The summed E-state index contributed by atoms with van der Waals surface area (Å²) in [5, 5.41) is 2.89. The predicted octanol–water partition coefficient (Wildman–Crippen LogP) is 3.36. The minimum Gasteiger partial charge on any atom is -0.465 e. The molecule has 1 N–H and O–H groups in total. The Kier molecular flexibility index (Phi) is 9.13. The monoisotopic (exact) mass is 364 g/mol. The first-order chi connectivity index (χ1) is 12.2. The lowest BCUT2D eigenvalue weighted by Crippen LogP contribution is -2.46. The third kappa shape index (κ3) is 9.42. The SMILES string of the molecule is CCOC(=O)CN(Cc1ccccc1)C[C@H](CC)NC(=O)OC(C)(C)C. The minimum atomic E-state index is -0.545. The number of nitrogens with zero attached hydrogens (tertiary/aromatic N) is 1. The third-order valence-corrected chi connectivity index (χ3v) is 3.60. The summed E-state index contributed by atoms with van der Waals surface area (Å²) < 4.78 is 10.4. The van der Waals surface area contributed by atoms with Gasteiger partial charge in [-0.15, -0.1) is 0 Å². The molecule has 1 aromatic carbocycles. The van der Waals surface area contributed by atoms with Crippen molar-refractivity contribution in [3.63, 3.8) is 0 Å². The smallest absolute Gasteiger partial charge is 0.407 e. The van der Waals surface area contributed by atoms with Crippen LogP contribution in [0.5, 0.6) is 0 Å². The molecule has 6 heteroatoms. The van der Waals surface area contributed by atoms with Crippen molar-refractivity contribution in [2.45, 2.75) is 59.2 Å². The fraction of sp³-hybridized carbons (Fsp3) is 0.600. The van der Waals surface area contributed by atoms with Crippen LogP contribution in [0, 0.1) is 0 Å². The van der Waals surface area contributed by atoms with E-state index in [-0.39, 0.29) is 18.6 Å². The van der Waals surface area contributed by atoms with Gasteiger partial charge in [-0.2, -0.15) is 0 Å². The summed E-state index contributed by atoms with van der Waals surface area (Å²) in [5.41, 5.74) is 0.556. The van der Waals surface area contributed by atoms with Crippen molar-refractivity contribution in [3.05, 3.63) is 35.9 Å². The van der Waals surface area contributed by atoms with Crippen molar-refractivity contribution in [3.8, 4) is 0 Å². The van der Waals surface area contributed by atoms with Crippen LogP contribution >= 0.6 is 0 Å². The van der Waals surface area contributed by atoms with Gasteiger partial charge in [0.15, 0.2) is 0 Å². The zero-order valence-electron chi connectivity index (χ0n) is 16.6. The van der Waals surface area contributed by atoms with Crippen molar-refractivity contribution < 1.29 is 19.1 Å². The highest BCUT2D eigenvalue weighted by Crippen LogP contribution is 2.09. The van der Waals surface area contributed by atoms with E-state index < -0.39 is 11.7 Å². The lowest BCUT2D eigenvalue weighted by atomic mass is 10.1. The van der Waals surface area contributed by atoms with Gasteiger partial charge in [0.25, 0.3) is 0 Å². The Balaban J connectivity index is 2.74. The first kappa shape index (κ1) is 22.0. The van der Waals surface area contributed by atoms with E-state index in [1.54, 1.807) is 6.92 Å².